The van der Waals surface area contributed by atoms with Crippen LogP contribution in [0, 0.1) is 0 Å². The molecule has 0 aliphatic heterocycles. The number of nitrogens with two attached hydrogens (primary N) is 1. The highest BCUT2D eigenvalue weighted by Gasteiger charge is 2.17. The van der Waals surface area contributed by atoms with Gasteiger partial charge < -0.3 is 5.73 Å². The normalized spacial score (nSPS) is 19.3. The van der Waals surface area contributed by atoms with Crippen LogP contribution in [0.1, 0.15) is 49.9 Å². The zero-order valence-electron chi connectivity index (χ0n) is 9.32. The molecule has 0 radical (unpaired) electrons. The summed E-state index contributed by atoms with van der Waals surface area (Å²) < 4.78 is 0. The van der Waals surface area contributed by atoms with Gasteiger partial charge in [0.15, 0.2) is 0 Å². The van der Waals surface area contributed by atoms with Gasteiger partial charge in [-0.2, -0.15) is 0 Å². The summed E-state index contributed by atoms with van der Waals surface area (Å²) in [6.45, 7) is 1.98. The summed E-state index contributed by atoms with van der Waals surface area (Å²) in [5, 5.41) is 0. The molecular weight excluding hydrogens is 186 g/mol. The lowest BCUT2D eigenvalue weighted by Gasteiger charge is -2.09. The van der Waals surface area contributed by atoms with E-state index in [2.05, 4.69) is 9.97 Å². The average Bonchev–Trinajstić information content (AvgIpc) is 2.71. The van der Waals surface area contributed by atoms with Gasteiger partial charge in [0.1, 0.15) is 5.82 Å². The molecule has 15 heavy (non-hydrogen) atoms. The van der Waals surface area contributed by atoms with Gasteiger partial charge in [-0.3, -0.25) is 0 Å². The standard InChI is InChI=1S/C12H19N3/c1-9(13)6-12-14-7-11(8-15-12)10-4-2-3-5-10/h7-10H,2-6,13H2,1H3. The van der Waals surface area contributed by atoms with Crippen molar-refractivity contribution in [1.82, 2.24) is 9.97 Å². The van der Waals surface area contributed by atoms with Crippen LogP contribution >= 0.6 is 0 Å². The van der Waals surface area contributed by atoms with E-state index in [1.54, 1.807) is 0 Å². The Morgan fingerprint density at radius 3 is 2.47 bits per heavy atom. The average molecular weight is 205 g/mol. The molecule has 82 valence electrons. The number of hydrogen-bond donors (Lipinski definition) is 1. The minimum Gasteiger partial charge on any atom is -0.328 e. The topological polar surface area (TPSA) is 51.8 Å². The molecule has 0 aromatic carbocycles. The van der Waals surface area contributed by atoms with Crippen molar-refractivity contribution in [2.75, 3.05) is 0 Å². The molecule has 1 aliphatic carbocycles. The molecule has 0 saturated heterocycles. The van der Waals surface area contributed by atoms with Crippen LogP contribution in [0.2, 0.25) is 0 Å². The van der Waals surface area contributed by atoms with E-state index in [0.717, 1.165) is 12.2 Å². The second kappa shape index (κ2) is 4.71. The largest absolute Gasteiger partial charge is 0.328 e. The zero-order chi connectivity index (χ0) is 10.7. The molecule has 1 atom stereocenters. The number of hydrogen-bond acceptors (Lipinski definition) is 3. The molecule has 1 saturated carbocycles. The highest BCUT2D eigenvalue weighted by molar-refractivity contribution is 5.13. The molecular formula is C12H19N3. The van der Waals surface area contributed by atoms with Gasteiger partial charge in [0.25, 0.3) is 0 Å². The molecule has 2 N–H and O–H groups in total. The van der Waals surface area contributed by atoms with Crippen LogP contribution in [0.5, 0.6) is 0 Å². The van der Waals surface area contributed by atoms with Crippen LogP contribution in [0.15, 0.2) is 12.4 Å². The molecule has 1 aliphatic rings. The van der Waals surface area contributed by atoms with Crippen molar-refractivity contribution in [3.63, 3.8) is 0 Å². The first-order valence-corrected chi connectivity index (χ1v) is 5.82. The molecule has 1 fully saturated rings. The van der Waals surface area contributed by atoms with E-state index >= 15 is 0 Å². The van der Waals surface area contributed by atoms with Crippen molar-refractivity contribution in [3.05, 3.63) is 23.8 Å². The number of aromatic nitrogens is 2. The smallest absolute Gasteiger partial charge is 0.129 e. The molecule has 1 unspecified atom stereocenters. The molecule has 0 amide bonds. The fraction of sp³-hybridized carbons (Fsp3) is 0.667. The minimum absolute atomic E-state index is 0.141. The van der Waals surface area contributed by atoms with Crippen molar-refractivity contribution < 1.29 is 0 Å². The maximum absolute atomic E-state index is 5.70. The SMILES string of the molecule is CC(N)Cc1ncc(C2CCCC2)cn1. The molecule has 1 aromatic rings. The third-order valence-electron chi connectivity index (χ3n) is 3.06. The van der Waals surface area contributed by atoms with Crippen molar-refractivity contribution in [3.8, 4) is 0 Å². The predicted octanol–water partition coefficient (Wildman–Crippen LogP) is 2.02. The van der Waals surface area contributed by atoms with Gasteiger partial charge >= 0.3 is 0 Å². The Morgan fingerprint density at radius 1 is 1.33 bits per heavy atom. The van der Waals surface area contributed by atoms with Crippen LogP contribution in [-0.4, -0.2) is 16.0 Å². The maximum Gasteiger partial charge on any atom is 0.129 e. The predicted molar refractivity (Wildman–Crippen MR) is 60.6 cm³/mol. The van der Waals surface area contributed by atoms with E-state index in [9.17, 15) is 0 Å². The Kier molecular flexibility index (Phi) is 3.31. The van der Waals surface area contributed by atoms with Crippen molar-refractivity contribution in [2.45, 2.75) is 51.0 Å². The Bertz CT molecular complexity index is 299. The lowest BCUT2D eigenvalue weighted by atomic mass is 10.0. The monoisotopic (exact) mass is 205 g/mol. The summed E-state index contributed by atoms with van der Waals surface area (Å²) in [6, 6.07) is 0.141. The third-order valence-corrected chi connectivity index (χ3v) is 3.06. The molecule has 1 aromatic heterocycles. The maximum atomic E-state index is 5.70. The summed E-state index contributed by atoms with van der Waals surface area (Å²) in [4.78, 5) is 8.74. The number of rotatable bonds is 3. The van der Waals surface area contributed by atoms with Gasteiger partial charge in [0, 0.05) is 24.9 Å². The summed E-state index contributed by atoms with van der Waals surface area (Å²) >= 11 is 0. The highest BCUT2D eigenvalue weighted by atomic mass is 14.9. The van der Waals surface area contributed by atoms with Crippen LogP contribution < -0.4 is 5.73 Å². The zero-order valence-corrected chi connectivity index (χ0v) is 9.32. The molecule has 1 heterocycles. The van der Waals surface area contributed by atoms with Crippen LogP contribution in [0.4, 0.5) is 0 Å². The Balaban J connectivity index is 2.03. The molecule has 0 bridgehead atoms. The van der Waals surface area contributed by atoms with E-state index in [1.165, 1.54) is 31.2 Å². The van der Waals surface area contributed by atoms with Gasteiger partial charge in [-0.25, -0.2) is 9.97 Å². The first-order valence-electron chi connectivity index (χ1n) is 5.82. The highest BCUT2D eigenvalue weighted by Crippen LogP contribution is 2.33. The second-order valence-electron chi connectivity index (χ2n) is 4.60. The quantitative estimate of drug-likeness (QED) is 0.821. The number of nitrogens with zero attached hydrogens (tertiary/aromatic N) is 2. The summed E-state index contributed by atoms with van der Waals surface area (Å²) in [6.07, 6.45) is 10.1. The minimum atomic E-state index is 0.141. The lowest BCUT2D eigenvalue weighted by molar-refractivity contribution is 0.681. The van der Waals surface area contributed by atoms with Crippen LogP contribution in [0.3, 0.4) is 0 Å². The third kappa shape index (κ3) is 2.75. The Hall–Kier alpha value is -0.960. The first kappa shape index (κ1) is 10.6. The van der Waals surface area contributed by atoms with Gasteiger partial charge in [-0.1, -0.05) is 12.8 Å². The van der Waals surface area contributed by atoms with E-state index < -0.39 is 0 Å². The molecule has 3 nitrogen and oxygen atoms in total. The summed E-state index contributed by atoms with van der Waals surface area (Å²) in [5.74, 6) is 1.57. The first-order chi connectivity index (χ1) is 7.25. The van der Waals surface area contributed by atoms with Crippen LogP contribution in [0.25, 0.3) is 0 Å². The molecule has 0 spiro atoms. The van der Waals surface area contributed by atoms with Gasteiger partial charge in [0.2, 0.25) is 0 Å². The Labute approximate surface area is 91.1 Å². The van der Waals surface area contributed by atoms with E-state index in [4.69, 9.17) is 5.73 Å². The van der Waals surface area contributed by atoms with Gasteiger partial charge in [-0.05, 0) is 31.2 Å². The summed E-state index contributed by atoms with van der Waals surface area (Å²) in [7, 11) is 0. The van der Waals surface area contributed by atoms with Gasteiger partial charge in [-0.15, -0.1) is 0 Å². The Morgan fingerprint density at radius 2 is 1.93 bits per heavy atom. The lowest BCUT2D eigenvalue weighted by Crippen LogP contribution is -2.19. The summed E-state index contributed by atoms with van der Waals surface area (Å²) in [5.41, 5.74) is 7.01. The molecule has 2 rings (SSSR count). The van der Waals surface area contributed by atoms with Crippen molar-refractivity contribution in [2.24, 2.45) is 5.73 Å². The fourth-order valence-corrected chi connectivity index (χ4v) is 2.23. The van der Waals surface area contributed by atoms with Crippen molar-refractivity contribution >= 4 is 0 Å². The second-order valence-corrected chi connectivity index (χ2v) is 4.60. The van der Waals surface area contributed by atoms with E-state index in [-0.39, 0.29) is 6.04 Å². The van der Waals surface area contributed by atoms with E-state index in [1.807, 2.05) is 19.3 Å². The van der Waals surface area contributed by atoms with Gasteiger partial charge in [0.05, 0.1) is 0 Å². The molecule has 3 heteroatoms. The van der Waals surface area contributed by atoms with E-state index in [0.29, 0.717) is 5.92 Å². The van der Waals surface area contributed by atoms with Crippen LogP contribution in [-0.2, 0) is 6.42 Å². The van der Waals surface area contributed by atoms with Crippen molar-refractivity contribution in [1.29, 1.82) is 0 Å². The fourth-order valence-electron chi connectivity index (χ4n) is 2.23.